The fraction of sp³-hybridized carbons (Fsp3) is 0.500. The van der Waals surface area contributed by atoms with Crippen molar-refractivity contribution in [1.29, 1.82) is 0 Å². The van der Waals surface area contributed by atoms with Crippen LogP contribution in [0.15, 0.2) is 46.4 Å². The summed E-state index contributed by atoms with van der Waals surface area (Å²) in [6, 6.07) is 13.4. The third kappa shape index (κ3) is 3.34. The Labute approximate surface area is 162 Å². The van der Waals surface area contributed by atoms with Gasteiger partial charge in [-0.3, -0.25) is 9.89 Å². The molecule has 2 aliphatic heterocycles. The Balaban J connectivity index is 1.45. The topological polar surface area (TPSA) is 28.0 Å². The Kier molecular flexibility index (Phi) is 4.56. The van der Waals surface area contributed by atoms with Gasteiger partial charge < -0.3 is 0 Å². The average Bonchev–Trinajstić information content (AvgIpc) is 3.17. The fourth-order valence-electron chi connectivity index (χ4n) is 5.06. The average molecular weight is 360 g/mol. The van der Waals surface area contributed by atoms with Crippen molar-refractivity contribution < 1.29 is 0 Å². The third-order valence-corrected chi connectivity index (χ3v) is 6.51. The number of hydrogen-bond donors (Lipinski definition) is 0. The van der Waals surface area contributed by atoms with Crippen molar-refractivity contribution in [2.75, 3.05) is 19.6 Å². The van der Waals surface area contributed by atoms with Crippen LogP contribution in [0.3, 0.4) is 0 Å². The molecule has 2 aromatic rings. The van der Waals surface area contributed by atoms with E-state index in [1.807, 2.05) is 0 Å². The molecule has 1 saturated heterocycles. The highest BCUT2D eigenvalue weighted by Crippen LogP contribution is 2.30. The number of rotatable bonds is 4. The lowest BCUT2D eigenvalue weighted by Gasteiger charge is -2.37. The maximum atomic E-state index is 5.02. The summed E-state index contributed by atoms with van der Waals surface area (Å²) in [5, 5.41) is 2.66. The number of benzene rings is 2. The standard InChI is InChI=1S/C24H29N3/c1-17-14-27(15-17)16-19-11-12-22(21-10-6-5-9-20(19)21)24-25-13-23(26-24)18-7-3-2-4-8-18/h5-6,9-12,17-18H,2-4,7-8,13-16H2,1H3. The van der Waals surface area contributed by atoms with Gasteiger partial charge >= 0.3 is 0 Å². The minimum Gasteiger partial charge on any atom is -0.298 e. The number of nitrogens with zero attached hydrogens (tertiary/aromatic N) is 3. The van der Waals surface area contributed by atoms with Crippen molar-refractivity contribution in [3.05, 3.63) is 47.5 Å². The van der Waals surface area contributed by atoms with Crippen molar-refractivity contribution in [1.82, 2.24) is 4.90 Å². The van der Waals surface area contributed by atoms with E-state index in [0.717, 1.165) is 24.8 Å². The third-order valence-electron chi connectivity index (χ3n) is 6.51. The molecule has 27 heavy (non-hydrogen) atoms. The van der Waals surface area contributed by atoms with Crippen LogP contribution < -0.4 is 0 Å². The van der Waals surface area contributed by atoms with Crippen LogP contribution in [0.5, 0.6) is 0 Å². The van der Waals surface area contributed by atoms with Gasteiger partial charge in [-0.2, -0.15) is 0 Å². The van der Waals surface area contributed by atoms with Crippen molar-refractivity contribution in [2.24, 2.45) is 21.8 Å². The van der Waals surface area contributed by atoms with Gasteiger partial charge in [-0.15, -0.1) is 0 Å². The molecule has 0 spiro atoms. The molecule has 0 aromatic heterocycles. The quantitative estimate of drug-likeness (QED) is 0.749. The maximum Gasteiger partial charge on any atom is 0.155 e. The lowest BCUT2D eigenvalue weighted by Crippen LogP contribution is -2.44. The molecule has 0 atom stereocenters. The number of aliphatic imine (C=N–C) groups is 2. The van der Waals surface area contributed by atoms with Gasteiger partial charge in [-0.25, -0.2) is 4.99 Å². The van der Waals surface area contributed by atoms with Gasteiger partial charge in [0.2, 0.25) is 0 Å². The SMILES string of the molecule is CC1CN(Cc2ccc(C3=NCC(C4CCCCC4)=N3)c3ccccc23)C1. The van der Waals surface area contributed by atoms with Gasteiger partial charge in [-0.05, 0) is 41.0 Å². The molecule has 3 heteroatoms. The van der Waals surface area contributed by atoms with E-state index in [2.05, 4.69) is 48.2 Å². The normalized spacial score (nSPS) is 22.0. The van der Waals surface area contributed by atoms with Crippen molar-refractivity contribution in [3.8, 4) is 0 Å². The van der Waals surface area contributed by atoms with Crippen LogP contribution in [0.25, 0.3) is 10.8 Å². The molecular formula is C24H29N3. The summed E-state index contributed by atoms with van der Waals surface area (Å²) in [5.74, 6) is 2.46. The lowest BCUT2D eigenvalue weighted by molar-refractivity contribution is 0.105. The zero-order chi connectivity index (χ0) is 18.2. The van der Waals surface area contributed by atoms with E-state index in [1.54, 1.807) is 0 Å². The van der Waals surface area contributed by atoms with E-state index < -0.39 is 0 Å². The van der Waals surface area contributed by atoms with E-state index in [9.17, 15) is 0 Å². The highest BCUT2D eigenvalue weighted by Gasteiger charge is 2.25. The zero-order valence-electron chi connectivity index (χ0n) is 16.3. The molecule has 0 bridgehead atoms. The van der Waals surface area contributed by atoms with Gasteiger partial charge in [0.25, 0.3) is 0 Å². The molecular weight excluding hydrogens is 330 g/mol. The van der Waals surface area contributed by atoms with Crippen LogP contribution in [0, 0.1) is 11.8 Å². The summed E-state index contributed by atoms with van der Waals surface area (Å²) in [7, 11) is 0. The van der Waals surface area contributed by atoms with Gasteiger partial charge in [0.05, 0.1) is 6.54 Å². The van der Waals surface area contributed by atoms with Gasteiger partial charge in [0, 0.05) is 30.9 Å². The van der Waals surface area contributed by atoms with Crippen molar-refractivity contribution >= 4 is 22.3 Å². The summed E-state index contributed by atoms with van der Waals surface area (Å²) in [4.78, 5) is 12.4. The maximum absolute atomic E-state index is 5.02. The fourth-order valence-corrected chi connectivity index (χ4v) is 5.06. The summed E-state index contributed by atoms with van der Waals surface area (Å²) in [5.41, 5.74) is 3.96. The summed E-state index contributed by atoms with van der Waals surface area (Å²) in [6.45, 7) is 6.63. The van der Waals surface area contributed by atoms with Crippen LogP contribution in [0.1, 0.15) is 50.2 Å². The second-order valence-electron chi connectivity index (χ2n) is 8.69. The second-order valence-corrected chi connectivity index (χ2v) is 8.69. The predicted octanol–water partition coefficient (Wildman–Crippen LogP) is 5.07. The molecule has 3 nitrogen and oxygen atoms in total. The first-order chi connectivity index (χ1) is 13.3. The summed E-state index contributed by atoms with van der Waals surface area (Å²) >= 11 is 0. The minimum atomic E-state index is 0.666. The minimum absolute atomic E-state index is 0.666. The molecule has 0 unspecified atom stereocenters. The van der Waals surface area contributed by atoms with Crippen LogP contribution in [0.4, 0.5) is 0 Å². The number of hydrogen-bond acceptors (Lipinski definition) is 3. The first kappa shape index (κ1) is 17.1. The number of amidine groups is 1. The van der Waals surface area contributed by atoms with Crippen molar-refractivity contribution in [2.45, 2.75) is 45.6 Å². The Hall–Kier alpha value is -2.00. The van der Waals surface area contributed by atoms with Crippen LogP contribution >= 0.6 is 0 Å². The Morgan fingerprint density at radius 2 is 1.74 bits per heavy atom. The van der Waals surface area contributed by atoms with Crippen molar-refractivity contribution in [3.63, 3.8) is 0 Å². The van der Waals surface area contributed by atoms with E-state index in [-0.39, 0.29) is 0 Å². The molecule has 5 rings (SSSR count). The molecule has 0 amide bonds. The van der Waals surface area contributed by atoms with E-state index in [0.29, 0.717) is 5.92 Å². The second kappa shape index (κ2) is 7.20. The Bertz CT molecular complexity index is 899. The summed E-state index contributed by atoms with van der Waals surface area (Å²) in [6.07, 6.45) is 6.70. The first-order valence-electron chi connectivity index (χ1n) is 10.6. The molecule has 2 fully saturated rings. The summed E-state index contributed by atoms with van der Waals surface area (Å²) < 4.78 is 0. The molecule has 2 aromatic carbocycles. The Morgan fingerprint density at radius 1 is 0.963 bits per heavy atom. The van der Waals surface area contributed by atoms with Gasteiger partial charge in [0.15, 0.2) is 5.84 Å². The Morgan fingerprint density at radius 3 is 2.52 bits per heavy atom. The van der Waals surface area contributed by atoms with Gasteiger partial charge in [-0.1, -0.05) is 62.6 Å². The van der Waals surface area contributed by atoms with Gasteiger partial charge in [0.1, 0.15) is 0 Å². The van der Waals surface area contributed by atoms with E-state index in [1.165, 1.54) is 72.8 Å². The zero-order valence-corrected chi connectivity index (χ0v) is 16.3. The van der Waals surface area contributed by atoms with E-state index in [4.69, 9.17) is 9.98 Å². The molecule has 1 saturated carbocycles. The predicted molar refractivity (Wildman–Crippen MR) is 114 cm³/mol. The first-order valence-corrected chi connectivity index (χ1v) is 10.6. The largest absolute Gasteiger partial charge is 0.298 e. The molecule has 140 valence electrons. The van der Waals surface area contributed by atoms with E-state index >= 15 is 0 Å². The molecule has 3 aliphatic rings. The number of fused-ring (bicyclic) bond motifs is 1. The number of likely N-dealkylation sites (tertiary alicyclic amines) is 1. The smallest absolute Gasteiger partial charge is 0.155 e. The molecule has 0 radical (unpaired) electrons. The lowest BCUT2D eigenvalue weighted by atomic mass is 9.86. The highest BCUT2D eigenvalue weighted by atomic mass is 15.2. The monoisotopic (exact) mass is 359 g/mol. The molecule has 0 N–H and O–H groups in total. The van der Waals surface area contributed by atoms with Crippen LogP contribution in [-0.2, 0) is 6.54 Å². The molecule has 1 aliphatic carbocycles. The van der Waals surface area contributed by atoms with Crippen LogP contribution in [0.2, 0.25) is 0 Å². The highest BCUT2D eigenvalue weighted by molar-refractivity contribution is 6.17. The molecule has 2 heterocycles. The van der Waals surface area contributed by atoms with Crippen LogP contribution in [-0.4, -0.2) is 36.1 Å².